The number of carbonyl (C=O) groups is 2. The van der Waals surface area contributed by atoms with Crippen molar-refractivity contribution in [2.24, 2.45) is 0 Å². The van der Waals surface area contributed by atoms with Crippen molar-refractivity contribution in [1.82, 2.24) is 4.31 Å². The minimum atomic E-state index is -4.09. The summed E-state index contributed by atoms with van der Waals surface area (Å²) in [5.41, 5.74) is -0.0356. The van der Waals surface area contributed by atoms with Gasteiger partial charge in [-0.1, -0.05) is 12.1 Å². The molecular weight excluding hydrogens is 242 g/mol. The molecule has 1 aliphatic rings. The molecule has 0 aliphatic carbocycles. The highest BCUT2D eigenvalue weighted by Crippen LogP contribution is 2.30. The van der Waals surface area contributed by atoms with Gasteiger partial charge in [-0.05, 0) is 23.7 Å². The van der Waals surface area contributed by atoms with Gasteiger partial charge in [0.05, 0.1) is 5.56 Å². The Balaban J connectivity index is 2.77. The third-order valence-electron chi connectivity index (χ3n) is 1.98. The standard InChI is InChI=1S/C8H4ClNO4S/c9-8(12)10-7(11)5-3-1-2-4-6(5)15(10,13)14/h1-4H. The van der Waals surface area contributed by atoms with E-state index in [1.54, 1.807) is 0 Å². The normalized spacial score (nSPS) is 17.7. The highest BCUT2D eigenvalue weighted by atomic mass is 35.5. The van der Waals surface area contributed by atoms with Crippen LogP contribution < -0.4 is 0 Å². The molecule has 0 N–H and O–H groups in total. The van der Waals surface area contributed by atoms with E-state index in [-0.39, 0.29) is 14.8 Å². The zero-order chi connectivity index (χ0) is 11.2. The Kier molecular flexibility index (Phi) is 2.06. The molecule has 0 atom stereocenters. The first-order chi connectivity index (χ1) is 6.96. The van der Waals surface area contributed by atoms with Crippen LogP contribution in [0.4, 0.5) is 4.79 Å². The molecule has 1 aliphatic heterocycles. The van der Waals surface area contributed by atoms with Gasteiger partial charge in [-0.3, -0.25) is 9.59 Å². The van der Waals surface area contributed by atoms with Crippen LogP contribution in [0.25, 0.3) is 0 Å². The van der Waals surface area contributed by atoms with E-state index in [2.05, 4.69) is 0 Å². The molecule has 0 bridgehead atoms. The number of carbonyl (C=O) groups excluding carboxylic acids is 2. The molecule has 0 saturated heterocycles. The van der Waals surface area contributed by atoms with E-state index in [1.807, 2.05) is 0 Å². The molecule has 1 aromatic rings. The Morgan fingerprint density at radius 3 is 2.40 bits per heavy atom. The molecule has 0 radical (unpaired) electrons. The van der Waals surface area contributed by atoms with Gasteiger partial charge in [-0.15, -0.1) is 0 Å². The summed E-state index contributed by atoms with van der Waals surface area (Å²) in [6, 6.07) is 5.55. The van der Waals surface area contributed by atoms with Crippen LogP contribution in [0.2, 0.25) is 0 Å². The zero-order valence-corrected chi connectivity index (χ0v) is 8.75. The first-order valence-electron chi connectivity index (χ1n) is 3.84. The van der Waals surface area contributed by atoms with E-state index in [1.165, 1.54) is 24.3 Å². The lowest BCUT2D eigenvalue weighted by molar-refractivity contribution is 0.0904. The Hall–Kier alpha value is -1.40. The summed E-state index contributed by atoms with van der Waals surface area (Å²) in [7, 11) is -4.09. The van der Waals surface area contributed by atoms with Crippen LogP contribution >= 0.6 is 11.6 Å². The molecule has 78 valence electrons. The largest absolute Gasteiger partial charge is 0.337 e. The molecule has 1 heterocycles. The second-order valence-corrected chi connectivity index (χ2v) is 4.90. The van der Waals surface area contributed by atoms with Crippen molar-refractivity contribution in [1.29, 1.82) is 0 Å². The molecule has 0 unspecified atom stereocenters. The molecule has 0 aromatic heterocycles. The maximum absolute atomic E-state index is 11.6. The highest BCUT2D eigenvalue weighted by Gasteiger charge is 2.44. The van der Waals surface area contributed by atoms with Gasteiger partial charge >= 0.3 is 5.37 Å². The maximum Gasteiger partial charge on any atom is 0.337 e. The molecule has 0 saturated carbocycles. The topological polar surface area (TPSA) is 71.5 Å². The average molecular weight is 246 g/mol. The van der Waals surface area contributed by atoms with E-state index < -0.39 is 21.3 Å². The first kappa shape index (κ1) is 10.1. The van der Waals surface area contributed by atoms with Crippen LogP contribution in [0.5, 0.6) is 0 Å². The van der Waals surface area contributed by atoms with Gasteiger partial charge < -0.3 is 0 Å². The van der Waals surface area contributed by atoms with Gasteiger partial charge in [-0.25, -0.2) is 8.42 Å². The number of hydrogen-bond donors (Lipinski definition) is 0. The number of rotatable bonds is 0. The number of benzene rings is 1. The van der Waals surface area contributed by atoms with Crippen molar-refractivity contribution >= 4 is 32.9 Å². The summed E-state index contributed by atoms with van der Waals surface area (Å²) in [4.78, 5) is 22.1. The minimum absolute atomic E-state index is 0.0356. The van der Waals surface area contributed by atoms with E-state index in [0.29, 0.717) is 0 Å². The number of sulfonamides is 1. The predicted molar refractivity (Wildman–Crippen MR) is 51.0 cm³/mol. The van der Waals surface area contributed by atoms with Gasteiger partial charge in [-0.2, -0.15) is 4.31 Å². The molecule has 2 rings (SSSR count). The zero-order valence-electron chi connectivity index (χ0n) is 7.18. The van der Waals surface area contributed by atoms with E-state index in [9.17, 15) is 18.0 Å². The Morgan fingerprint density at radius 1 is 1.27 bits per heavy atom. The van der Waals surface area contributed by atoms with Gasteiger partial charge in [0.1, 0.15) is 4.90 Å². The van der Waals surface area contributed by atoms with Gasteiger partial charge in [0.25, 0.3) is 15.9 Å². The van der Waals surface area contributed by atoms with Gasteiger partial charge in [0.2, 0.25) is 0 Å². The van der Waals surface area contributed by atoms with Crippen molar-refractivity contribution in [2.75, 3.05) is 0 Å². The van der Waals surface area contributed by atoms with Gasteiger partial charge in [0.15, 0.2) is 0 Å². The van der Waals surface area contributed by atoms with Crippen molar-refractivity contribution in [3.8, 4) is 0 Å². The Bertz CT molecular complexity index is 566. The van der Waals surface area contributed by atoms with Crippen LogP contribution in [0.15, 0.2) is 29.2 Å². The van der Waals surface area contributed by atoms with Crippen molar-refractivity contribution in [2.45, 2.75) is 4.90 Å². The lowest BCUT2D eigenvalue weighted by Crippen LogP contribution is -2.32. The van der Waals surface area contributed by atoms with E-state index in [4.69, 9.17) is 11.6 Å². The average Bonchev–Trinajstić information content (AvgIpc) is 2.36. The number of fused-ring (bicyclic) bond motifs is 1. The third-order valence-corrected chi connectivity index (χ3v) is 3.97. The molecule has 2 amide bonds. The number of halogens is 1. The van der Waals surface area contributed by atoms with Gasteiger partial charge in [0, 0.05) is 0 Å². The first-order valence-corrected chi connectivity index (χ1v) is 5.66. The number of nitrogens with zero attached hydrogens (tertiary/aromatic N) is 1. The molecular formula is C8H4ClNO4S. The minimum Gasteiger partial charge on any atom is -0.267 e. The Labute approximate surface area is 90.3 Å². The number of hydrogen-bond acceptors (Lipinski definition) is 4. The summed E-state index contributed by atoms with van der Waals surface area (Å²) in [5.74, 6) is -0.911. The molecule has 0 spiro atoms. The fraction of sp³-hybridized carbons (Fsp3) is 0. The van der Waals surface area contributed by atoms with Crippen LogP contribution in [0.3, 0.4) is 0 Å². The predicted octanol–water partition coefficient (Wildman–Crippen LogP) is 1.19. The summed E-state index contributed by atoms with van der Waals surface area (Å²) >= 11 is 5.04. The highest BCUT2D eigenvalue weighted by molar-refractivity contribution is 7.91. The second kappa shape index (κ2) is 3.04. The fourth-order valence-electron chi connectivity index (χ4n) is 1.36. The monoisotopic (exact) mass is 245 g/mol. The summed E-state index contributed by atoms with van der Waals surface area (Å²) in [6.07, 6.45) is 0. The number of amides is 2. The third kappa shape index (κ3) is 1.25. The van der Waals surface area contributed by atoms with Crippen molar-refractivity contribution in [3.63, 3.8) is 0 Å². The van der Waals surface area contributed by atoms with Crippen LogP contribution in [0.1, 0.15) is 10.4 Å². The van der Waals surface area contributed by atoms with E-state index >= 15 is 0 Å². The fourth-order valence-corrected chi connectivity index (χ4v) is 3.09. The second-order valence-electron chi connectivity index (χ2n) is 2.82. The summed E-state index contributed by atoms with van der Waals surface area (Å²) < 4.78 is 23.3. The van der Waals surface area contributed by atoms with Crippen molar-refractivity contribution in [3.05, 3.63) is 29.8 Å². The molecule has 7 heteroatoms. The molecule has 1 aromatic carbocycles. The molecule has 15 heavy (non-hydrogen) atoms. The van der Waals surface area contributed by atoms with E-state index in [0.717, 1.165) is 0 Å². The summed E-state index contributed by atoms with van der Waals surface area (Å²) in [6.45, 7) is 0. The maximum atomic E-state index is 11.6. The van der Waals surface area contributed by atoms with Crippen molar-refractivity contribution < 1.29 is 18.0 Å². The molecule has 0 fully saturated rings. The quantitative estimate of drug-likeness (QED) is 0.508. The smallest absolute Gasteiger partial charge is 0.267 e. The summed E-state index contributed by atoms with van der Waals surface area (Å²) in [5, 5.41) is -1.32. The SMILES string of the molecule is O=C(Cl)N1C(=O)c2ccccc2S1(=O)=O. The lowest BCUT2D eigenvalue weighted by Gasteiger charge is -2.07. The lowest BCUT2D eigenvalue weighted by atomic mass is 10.2. The van der Waals surface area contributed by atoms with Crippen LogP contribution in [-0.4, -0.2) is 24.0 Å². The van der Waals surface area contributed by atoms with Crippen LogP contribution in [-0.2, 0) is 10.0 Å². The molecule has 5 nitrogen and oxygen atoms in total. The van der Waals surface area contributed by atoms with Crippen LogP contribution in [0, 0.1) is 0 Å². The number of imide groups is 1. The Morgan fingerprint density at radius 2 is 1.87 bits per heavy atom.